The summed E-state index contributed by atoms with van der Waals surface area (Å²) in [6.07, 6.45) is -0.625. The summed E-state index contributed by atoms with van der Waals surface area (Å²) < 4.78 is 10.6. The van der Waals surface area contributed by atoms with Crippen molar-refractivity contribution in [2.45, 2.75) is 18.8 Å². The lowest BCUT2D eigenvalue weighted by molar-refractivity contribution is -0.138. The van der Waals surface area contributed by atoms with Gasteiger partial charge in [-0.2, -0.15) is 0 Å². The maximum atomic E-state index is 12.4. The van der Waals surface area contributed by atoms with Crippen LogP contribution in [-0.4, -0.2) is 54.4 Å². The van der Waals surface area contributed by atoms with Gasteiger partial charge in [0.2, 0.25) is 5.91 Å². The number of carbonyl (C=O) groups excluding carboxylic acids is 2. The summed E-state index contributed by atoms with van der Waals surface area (Å²) in [5.41, 5.74) is 5.11. The van der Waals surface area contributed by atoms with Crippen molar-refractivity contribution >= 4 is 34.4 Å². The van der Waals surface area contributed by atoms with Crippen LogP contribution in [0.5, 0.6) is 0 Å². The molecule has 10 heteroatoms. The van der Waals surface area contributed by atoms with E-state index in [1.165, 1.54) is 11.3 Å². The second kappa shape index (κ2) is 11.6. The number of fused-ring (bicyclic) bond motifs is 3. The summed E-state index contributed by atoms with van der Waals surface area (Å²) in [7, 11) is 0. The summed E-state index contributed by atoms with van der Waals surface area (Å²) in [6.45, 7) is 0.801. The Hall–Kier alpha value is -3.76. The van der Waals surface area contributed by atoms with Gasteiger partial charge in [0.1, 0.15) is 6.61 Å². The molecule has 1 aliphatic carbocycles. The van der Waals surface area contributed by atoms with E-state index in [4.69, 9.17) is 14.6 Å². The molecule has 1 heterocycles. The monoisotopic (exact) mass is 495 g/mol. The zero-order chi connectivity index (χ0) is 24.6. The molecule has 9 nitrogen and oxygen atoms in total. The van der Waals surface area contributed by atoms with E-state index >= 15 is 0 Å². The van der Waals surface area contributed by atoms with E-state index in [2.05, 4.69) is 39.9 Å². The van der Waals surface area contributed by atoms with Crippen LogP contribution in [0.25, 0.3) is 11.1 Å². The molecule has 2 aromatic carbocycles. The van der Waals surface area contributed by atoms with E-state index in [-0.39, 0.29) is 51.0 Å². The lowest BCUT2D eigenvalue weighted by Gasteiger charge is -2.14. The van der Waals surface area contributed by atoms with Crippen molar-refractivity contribution in [3.05, 3.63) is 70.7 Å². The minimum Gasteiger partial charge on any atom is -0.481 e. The van der Waals surface area contributed by atoms with Crippen LogP contribution in [-0.2, 0) is 25.5 Å². The van der Waals surface area contributed by atoms with Crippen molar-refractivity contribution in [1.29, 1.82) is 0 Å². The van der Waals surface area contributed by atoms with Gasteiger partial charge in [0, 0.05) is 17.8 Å². The number of carboxylic acids is 1. The van der Waals surface area contributed by atoms with Gasteiger partial charge in [0.15, 0.2) is 5.13 Å². The first-order valence-corrected chi connectivity index (χ1v) is 12.0. The number of nitrogens with one attached hydrogen (secondary N) is 2. The Morgan fingerprint density at radius 3 is 2.37 bits per heavy atom. The highest BCUT2D eigenvalue weighted by Gasteiger charge is 2.29. The van der Waals surface area contributed by atoms with Crippen molar-refractivity contribution in [3.8, 4) is 11.1 Å². The summed E-state index contributed by atoms with van der Waals surface area (Å²) in [4.78, 5) is 39.1. The van der Waals surface area contributed by atoms with E-state index in [0.29, 0.717) is 10.8 Å². The van der Waals surface area contributed by atoms with Gasteiger partial charge >= 0.3 is 12.1 Å². The molecule has 0 atom stereocenters. The average molecular weight is 496 g/mol. The fourth-order valence-corrected chi connectivity index (χ4v) is 4.61. The van der Waals surface area contributed by atoms with Gasteiger partial charge in [0.25, 0.3) is 0 Å². The van der Waals surface area contributed by atoms with Crippen LogP contribution in [0.1, 0.15) is 29.2 Å². The number of carbonyl (C=O) groups is 3. The normalized spacial score (nSPS) is 12.0. The molecule has 1 aliphatic rings. The summed E-state index contributed by atoms with van der Waals surface area (Å²) >= 11 is 1.21. The molecule has 0 spiro atoms. The van der Waals surface area contributed by atoms with Crippen molar-refractivity contribution in [2.75, 3.05) is 31.7 Å². The molecule has 3 aromatic rings. The van der Waals surface area contributed by atoms with Crippen molar-refractivity contribution in [1.82, 2.24) is 10.3 Å². The van der Waals surface area contributed by atoms with Gasteiger partial charge < -0.3 is 19.9 Å². The third kappa shape index (κ3) is 6.43. The second-order valence-electron chi connectivity index (χ2n) is 7.88. The molecule has 4 rings (SSSR count). The highest BCUT2D eigenvalue weighted by Crippen LogP contribution is 2.44. The number of thiazole rings is 1. The summed E-state index contributed by atoms with van der Waals surface area (Å²) in [6, 6.07) is 16.2. The number of benzene rings is 2. The summed E-state index contributed by atoms with van der Waals surface area (Å²) in [5, 5.41) is 15.9. The predicted molar refractivity (Wildman–Crippen MR) is 131 cm³/mol. The van der Waals surface area contributed by atoms with Crippen LogP contribution in [0, 0.1) is 0 Å². The number of carboxylic acid groups (broad SMARTS) is 1. The first-order valence-electron chi connectivity index (χ1n) is 11.1. The largest absolute Gasteiger partial charge is 0.481 e. The Labute approximate surface area is 206 Å². The minimum atomic E-state index is -0.930. The Bertz CT molecular complexity index is 1170. The minimum absolute atomic E-state index is 0.0307. The molecule has 0 saturated heterocycles. The third-order valence-electron chi connectivity index (χ3n) is 5.47. The fraction of sp³-hybridized carbons (Fsp3) is 0.280. The number of ether oxygens (including phenoxy) is 2. The zero-order valence-corrected chi connectivity index (χ0v) is 19.7. The van der Waals surface area contributed by atoms with E-state index in [0.717, 1.165) is 22.3 Å². The van der Waals surface area contributed by atoms with E-state index < -0.39 is 12.1 Å². The van der Waals surface area contributed by atoms with Gasteiger partial charge in [-0.3, -0.25) is 14.9 Å². The molecular weight excluding hydrogens is 470 g/mol. The number of hydrogen-bond acceptors (Lipinski definition) is 7. The molecule has 0 bridgehead atoms. The van der Waals surface area contributed by atoms with Gasteiger partial charge in [-0.05, 0) is 22.3 Å². The Balaban J connectivity index is 1.22. The van der Waals surface area contributed by atoms with Crippen LogP contribution < -0.4 is 10.6 Å². The Morgan fingerprint density at radius 2 is 1.69 bits per heavy atom. The molecule has 0 aliphatic heterocycles. The van der Waals surface area contributed by atoms with Crippen molar-refractivity contribution < 1.29 is 29.0 Å². The molecule has 1 aromatic heterocycles. The molecule has 0 saturated carbocycles. The van der Waals surface area contributed by atoms with Gasteiger partial charge in [0.05, 0.1) is 31.7 Å². The zero-order valence-electron chi connectivity index (χ0n) is 18.9. The average Bonchev–Trinajstić information content (AvgIpc) is 3.41. The second-order valence-corrected chi connectivity index (χ2v) is 8.74. The SMILES string of the molecule is O=C(O)CCOCCNC(=O)Cc1csc(NC(=O)OCC2c3ccccc3-c3ccccc32)n1. The molecule has 0 fully saturated rings. The Morgan fingerprint density at radius 1 is 1.00 bits per heavy atom. The van der Waals surface area contributed by atoms with Crippen LogP contribution in [0.4, 0.5) is 9.93 Å². The van der Waals surface area contributed by atoms with Crippen molar-refractivity contribution in [3.63, 3.8) is 0 Å². The maximum absolute atomic E-state index is 12.4. The van der Waals surface area contributed by atoms with Crippen LogP contribution in [0.3, 0.4) is 0 Å². The first kappa shape index (κ1) is 24.4. The molecule has 182 valence electrons. The van der Waals surface area contributed by atoms with Crippen LogP contribution in [0.15, 0.2) is 53.9 Å². The molecular formula is C25H25N3O6S. The third-order valence-corrected chi connectivity index (χ3v) is 6.28. The fourth-order valence-electron chi connectivity index (χ4n) is 3.92. The predicted octanol–water partition coefficient (Wildman–Crippen LogP) is 3.65. The van der Waals surface area contributed by atoms with Crippen molar-refractivity contribution in [2.24, 2.45) is 0 Å². The van der Waals surface area contributed by atoms with Crippen LogP contribution in [0.2, 0.25) is 0 Å². The van der Waals surface area contributed by atoms with E-state index in [1.54, 1.807) is 5.38 Å². The first-order chi connectivity index (χ1) is 17.0. The number of nitrogens with zero attached hydrogens (tertiary/aromatic N) is 1. The van der Waals surface area contributed by atoms with E-state index in [9.17, 15) is 14.4 Å². The van der Waals surface area contributed by atoms with Gasteiger partial charge in [-0.1, -0.05) is 48.5 Å². The smallest absolute Gasteiger partial charge is 0.413 e. The lowest BCUT2D eigenvalue weighted by Crippen LogP contribution is -2.29. The molecule has 3 N–H and O–H groups in total. The molecule has 0 radical (unpaired) electrons. The molecule has 2 amide bonds. The highest BCUT2D eigenvalue weighted by atomic mass is 32.1. The Kier molecular flexibility index (Phi) is 8.07. The number of amides is 2. The number of anilines is 1. The van der Waals surface area contributed by atoms with E-state index in [1.807, 2.05) is 24.3 Å². The highest BCUT2D eigenvalue weighted by molar-refractivity contribution is 7.13. The molecule has 35 heavy (non-hydrogen) atoms. The number of hydrogen-bond donors (Lipinski definition) is 3. The number of aliphatic carboxylic acids is 1. The number of aromatic nitrogens is 1. The quantitative estimate of drug-likeness (QED) is 0.347. The standard InChI is InChI=1S/C25H25N3O6S/c29-22(26-10-12-33-11-9-23(30)31)13-16-15-35-24(27-16)28-25(32)34-14-21-19-7-3-1-5-17(19)18-6-2-4-8-20(18)21/h1-8,15,21H,9-14H2,(H,26,29)(H,30,31)(H,27,28,32). The van der Waals surface area contributed by atoms with Gasteiger partial charge in [-0.15, -0.1) is 11.3 Å². The molecule has 0 unspecified atom stereocenters. The maximum Gasteiger partial charge on any atom is 0.413 e. The topological polar surface area (TPSA) is 127 Å². The lowest BCUT2D eigenvalue weighted by atomic mass is 9.98. The summed E-state index contributed by atoms with van der Waals surface area (Å²) in [5.74, 6) is -1.21. The van der Waals surface area contributed by atoms with Gasteiger partial charge in [-0.25, -0.2) is 9.78 Å². The number of rotatable bonds is 11. The van der Waals surface area contributed by atoms with Crippen LogP contribution >= 0.6 is 11.3 Å².